The Labute approximate surface area is 99.1 Å². The minimum absolute atomic E-state index is 0.111. The van der Waals surface area contributed by atoms with Crippen molar-refractivity contribution in [1.29, 1.82) is 0 Å². The van der Waals surface area contributed by atoms with E-state index in [9.17, 15) is 0 Å². The third-order valence-electron chi connectivity index (χ3n) is 3.04. The molecule has 0 spiro atoms. The molecule has 1 rings (SSSR count). The summed E-state index contributed by atoms with van der Waals surface area (Å²) in [7, 11) is 0. The highest BCUT2D eigenvalue weighted by Gasteiger charge is 2.32. The first kappa shape index (κ1) is 13.9. The molecule has 0 radical (unpaired) electrons. The molecule has 0 bridgehead atoms. The smallest absolute Gasteiger partial charge is 0.107 e. The van der Waals surface area contributed by atoms with Crippen LogP contribution in [0.3, 0.4) is 0 Å². The van der Waals surface area contributed by atoms with Crippen LogP contribution in [-0.2, 0) is 9.47 Å². The molecule has 1 aliphatic rings. The number of epoxide rings is 1. The summed E-state index contributed by atoms with van der Waals surface area (Å²) in [6, 6.07) is 0. The molecular formula is C13H26O3. The summed E-state index contributed by atoms with van der Waals surface area (Å²) in [6.45, 7) is 3.63. The molecule has 0 saturated carbocycles. The molecule has 1 fully saturated rings. The largest absolute Gasteiger partial charge is 0.394 e. The first-order valence-electron chi connectivity index (χ1n) is 6.72. The van der Waals surface area contributed by atoms with Gasteiger partial charge in [-0.2, -0.15) is 0 Å². The van der Waals surface area contributed by atoms with Gasteiger partial charge >= 0.3 is 0 Å². The summed E-state index contributed by atoms with van der Waals surface area (Å²) in [6.07, 6.45) is 9.49. The Morgan fingerprint density at radius 2 is 1.94 bits per heavy atom. The van der Waals surface area contributed by atoms with Crippen LogP contribution in [0.2, 0.25) is 0 Å². The van der Waals surface area contributed by atoms with Gasteiger partial charge in [-0.25, -0.2) is 0 Å². The molecule has 2 unspecified atom stereocenters. The summed E-state index contributed by atoms with van der Waals surface area (Å²) < 4.78 is 10.8. The molecule has 0 aromatic heterocycles. The fraction of sp³-hybridized carbons (Fsp3) is 1.00. The highest BCUT2D eigenvalue weighted by Crippen LogP contribution is 2.22. The molecule has 0 aliphatic carbocycles. The van der Waals surface area contributed by atoms with Crippen LogP contribution in [0.25, 0.3) is 0 Å². The maximum atomic E-state index is 8.72. The van der Waals surface area contributed by atoms with Crippen LogP contribution in [0.4, 0.5) is 0 Å². The molecule has 96 valence electrons. The maximum absolute atomic E-state index is 8.72. The predicted octanol–water partition coefficient (Wildman–Crippen LogP) is 2.51. The van der Waals surface area contributed by atoms with Gasteiger partial charge in [0.15, 0.2) is 0 Å². The fourth-order valence-electron chi connectivity index (χ4n) is 1.98. The van der Waals surface area contributed by atoms with E-state index in [1.807, 2.05) is 0 Å². The quantitative estimate of drug-likeness (QED) is 0.438. The number of hydrogen-bond donors (Lipinski definition) is 1. The van der Waals surface area contributed by atoms with Gasteiger partial charge in [-0.3, -0.25) is 0 Å². The van der Waals surface area contributed by atoms with Crippen LogP contribution < -0.4 is 0 Å². The second kappa shape index (κ2) is 8.97. The number of unbranched alkanes of at least 4 members (excludes halogenated alkanes) is 5. The lowest BCUT2D eigenvalue weighted by Gasteiger charge is -2.14. The molecule has 1 saturated heterocycles. The van der Waals surface area contributed by atoms with Gasteiger partial charge in [0.1, 0.15) is 6.10 Å². The second-order valence-electron chi connectivity index (χ2n) is 4.56. The molecule has 0 aromatic rings. The van der Waals surface area contributed by atoms with Crippen LogP contribution in [0, 0.1) is 0 Å². The minimum atomic E-state index is 0.111. The number of aliphatic hydroxyl groups excluding tert-OH is 1. The van der Waals surface area contributed by atoms with E-state index in [4.69, 9.17) is 14.6 Å². The SMILES string of the molecule is CCCCCCCCC(OCCO)C1CO1. The van der Waals surface area contributed by atoms with Gasteiger partial charge in [-0.15, -0.1) is 0 Å². The Kier molecular flexibility index (Phi) is 7.81. The third-order valence-corrected chi connectivity index (χ3v) is 3.04. The molecule has 1 aliphatic heterocycles. The van der Waals surface area contributed by atoms with E-state index in [1.165, 1.54) is 38.5 Å². The first-order chi connectivity index (χ1) is 7.88. The molecule has 16 heavy (non-hydrogen) atoms. The van der Waals surface area contributed by atoms with E-state index in [2.05, 4.69) is 6.92 Å². The van der Waals surface area contributed by atoms with E-state index < -0.39 is 0 Å². The topological polar surface area (TPSA) is 42.0 Å². The van der Waals surface area contributed by atoms with Gasteiger partial charge in [-0.1, -0.05) is 45.4 Å². The number of aliphatic hydroxyl groups is 1. The summed E-state index contributed by atoms with van der Waals surface area (Å²) >= 11 is 0. The van der Waals surface area contributed by atoms with Crippen molar-refractivity contribution in [2.24, 2.45) is 0 Å². The van der Waals surface area contributed by atoms with Gasteiger partial charge in [0.25, 0.3) is 0 Å². The highest BCUT2D eigenvalue weighted by atomic mass is 16.6. The van der Waals surface area contributed by atoms with E-state index in [-0.39, 0.29) is 12.7 Å². The van der Waals surface area contributed by atoms with E-state index in [0.717, 1.165) is 13.0 Å². The van der Waals surface area contributed by atoms with Crippen LogP contribution in [0.5, 0.6) is 0 Å². The van der Waals surface area contributed by atoms with Crippen molar-refractivity contribution in [1.82, 2.24) is 0 Å². The predicted molar refractivity (Wildman–Crippen MR) is 64.6 cm³/mol. The van der Waals surface area contributed by atoms with Crippen molar-refractivity contribution in [3.8, 4) is 0 Å². The van der Waals surface area contributed by atoms with Gasteiger partial charge < -0.3 is 14.6 Å². The summed E-state index contributed by atoms with van der Waals surface area (Å²) in [5.74, 6) is 0. The molecule has 3 nitrogen and oxygen atoms in total. The maximum Gasteiger partial charge on any atom is 0.107 e. The zero-order chi connectivity index (χ0) is 11.6. The van der Waals surface area contributed by atoms with Crippen molar-refractivity contribution in [2.75, 3.05) is 19.8 Å². The lowest BCUT2D eigenvalue weighted by molar-refractivity contribution is 0.00715. The van der Waals surface area contributed by atoms with E-state index in [0.29, 0.717) is 12.7 Å². The number of hydrogen-bond acceptors (Lipinski definition) is 3. The molecule has 2 atom stereocenters. The normalized spacial score (nSPS) is 21.0. The zero-order valence-corrected chi connectivity index (χ0v) is 10.5. The van der Waals surface area contributed by atoms with Crippen LogP contribution >= 0.6 is 0 Å². The van der Waals surface area contributed by atoms with Crippen LogP contribution in [-0.4, -0.2) is 37.1 Å². The van der Waals surface area contributed by atoms with Crippen LogP contribution in [0.15, 0.2) is 0 Å². The Morgan fingerprint density at radius 3 is 2.56 bits per heavy atom. The Morgan fingerprint density at radius 1 is 1.25 bits per heavy atom. The van der Waals surface area contributed by atoms with Crippen molar-refractivity contribution < 1.29 is 14.6 Å². The Hall–Kier alpha value is -0.120. The van der Waals surface area contributed by atoms with E-state index in [1.54, 1.807) is 0 Å². The standard InChI is InChI=1S/C13H26O3/c1-2-3-4-5-6-7-8-12(13-11-16-13)15-10-9-14/h12-14H,2-11H2,1H3. The highest BCUT2D eigenvalue weighted by molar-refractivity contribution is 4.80. The third kappa shape index (κ3) is 6.46. The molecule has 3 heteroatoms. The Balaban J connectivity index is 1.95. The van der Waals surface area contributed by atoms with Crippen molar-refractivity contribution in [2.45, 2.75) is 64.1 Å². The summed E-state index contributed by atoms with van der Waals surface area (Å²) in [4.78, 5) is 0. The molecular weight excluding hydrogens is 204 g/mol. The summed E-state index contributed by atoms with van der Waals surface area (Å²) in [5.41, 5.74) is 0. The van der Waals surface area contributed by atoms with Crippen LogP contribution in [0.1, 0.15) is 51.9 Å². The summed E-state index contributed by atoms with van der Waals surface area (Å²) in [5, 5.41) is 8.72. The molecule has 1 N–H and O–H groups in total. The lowest BCUT2D eigenvalue weighted by atomic mass is 10.1. The van der Waals surface area contributed by atoms with Gasteiger partial charge in [0.2, 0.25) is 0 Å². The zero-order valence-electron chi connectivity index (χ0n) is 10.5. The van der Waals surface area contributed by atoms with Gasteiger partial charge in [0, 0.05) is 0 Å². The van der Waals surface area contributed by atoms with E-state index >= 15 is 0 Å². The average Bonchev–Trinajstić information content (AvgIpc) is 3.11. The monoisotopic (exact) mass is 230 g/mol. The minimum Gasteiger partial charge on any atom is -0.394 e. The Bertz CT molecular complexity index is 157. The fourth-order valence-corrected chi connectivity index (χ4v) is 1.98. The lowest BCUT2D eigenvalue weighted by Crippen LogP contribution is -2.21. The second-order valence-corrected chi connectivity index (χ2v) is 4.56. The number of rotatable bonds is 11. The van der Waals surface area contributed by atoms with Crippen molar-refractivity contribution in [3.05, 3.63) is 0 Å². The molecule has 1 heterocycles. The first-order valence-corrected chi connectivity index (χ1v) is 6.72. The number of ether oxygens (including phenoxy) is 2. The van der Waals surface area contributed by atoms with Crippen molar-refractivity contribution in [3.63, 3.8) is 0 Å². The van der Waals surface area contributed by atoms with Gasteiger partial charge in [-0.05, 0) is 6.42 Å². The average molecular weight is 230 g/mol. The molecule has 0 amide bonds. The molecule has 0 aromatic carbocycles. The van der Waals surface area contributed by atoms with Crippen molar-refractivity contribution >= 4 is 0 Å². The van der Waals surface area contributed by atoms with Gasteiger partial charge in [0.05, 0.1) is 25.9 Å².